The number of aromatic nitrogens is 2. The molecule has 0 spiro atoms. The van der Waals surface area contributed by atoms with Crippen molar-refractivity contribution in [1.29, 1.82) is 0 Å². The molecule has 1 heterocycles. The third kappa shape index (κ3) is 4.73. The van der Waals surface area contributed by atoms with Gasteiger partial charge < -0.3 is 4.90 Å². The van der Waals surface area contributed by atoms with E-state index in [4.69, 9.17) is 0 Å². The summed E-state index contributed by atoms with van der Waals surface area (Å²) in [5.74, 6) is 0.135. The molecule has 17 heavy (non-hydrogen) atoms. The molecule has 0 aliphatic heterocycles. The molecule has 0 aliphatic rings. The molecule has 0 N–H and O–H groups in total. The van der Waals surface area contributed by atoms with Crippen molar-refractivity contribution in [1.82, 2.24) is 14.9 Å². The number of unbranched alkanes of at least 4 members (excludes halogenated alkanes) is 1. The number of amides is 1. The third-order valence-corrected chi connectivity index (χ3v) is 3.37. The first kappa shape index (κ1) is 14.0. The molecule has 0 saturated heterocycles. The van der Waals surface area contributed by atoms with E-state index in [-0.39, 0.29) is 11.2 Å². The molecule has 1 aromatic heterocycles. The van der Waals surface area contributed by atoms with Crippen LogP contribution < -0.4 is 0 Å². The Bertz CT molecular complexity index is 345. The van der Waals surface area contributed by atoms with E-state index in [1.807, 2.05) is 14.0 Å². The lowest BCUT2D eigenvalue weighted by Gasteiger charge is -2.20. The SMILES string of the molecule is CCCCN(C)C(=O)C(C)Sc1ncccn1. The van der Waals surface area contributed by atoms with E-state index in [0.717, 1.165) is 19.4 Å². The Labute approximate surface area is 107 Å². The van der Waals surface area contributed by atoms with Gasteiger partial charge in [-0.3, -0.25) is 4.79 Å². The minimum Gasteiger partial charge on any atom is -0.345 e. The molecule has 1 rings (SSSR count). The van der Waals surface area contributed by atoms with Crippen molar-refractivity contribution in [2.75, 3.05) is 13.6 Å². The van der Waals surface area contributed by atoms with Gasteiger partial charge in [0.05, 0.1) is 5.25 Å². The van der Waals surface area contributed by atoms with Crippen LogP contribution in [0.15, 0.2) is 23.6 Å². The van der Waals surface area contributed by atoms with Crippen molar-refractivity contribution in [3.05, 3.63) is 18.5 Å². The summed E-state index contributed by atoms with van der Waals surface area (Å²) in [5, 5.41) is 0.511. The van der Waals surface area contributed by atoms with Gasteiger partial charge in [0.25, 0.3) is 0 Å². The highest BCUT2D eigenvalue weighted by atomic mass is 32.2. The quantitative estimate of drug-likeness (QED) is 0.576. The molecule has 0 bridgehead atoms. The average molecular weight is 253 g/mol. The second-order valence-electron chi connectivity index (χ2n) is 3.90. The van der Waals surface area contributed by atoms with Gasteiger partial charge in [-0.2, -0.15) is 0 Å². The summed E-state index contributed by atoms with van der Waals surface area (Å²) in [6.07, 6.45) is 5.52. The summed E-state index contributed by atoms with van der Waals surface area (Å²) >= 11 is 1.40. The van der Waals surface area contributed by atoms with Crippen LogP contribution >= 0.6 is 11.8 Å². The van der Waals surface area contributed by atoms with E-state index in [1.165, 1.54) is 11.8 Å². The van der Waals surface area contributed by atoms with Crippen molar-refractivity contribution >= 4 is 17.7 Å². The monoisotopic (exact) mass is 253 g/mol. The highest BCUT2D eigenvalue weighted by Gasteiger charge is 2.19. The molecule has 1 unspecified atom stereocenters. The van der Waals surface area contributed by atoms with Crippen LogP contribution in [0.1, 0.15) is 26.7 Å². The number of nitrogens with zero attached hydrogens (tertiary/aromatic N) is 3. The van der Waals surface area contributed by atoms with E-state index in [2.05, 4.69) is 16.9 Å². The number of thioether (sulfide) groups is 1. The number of carbonyl (C=O) groups excluding carboxylic acids is 1. The minimum atomic E-state index is -0.140. The van der Waals surface area contributed by atoms with Gasteiger partial charge in [-0.1, -0.05) is 25.1 Å². The lowest BCUT2D eigenvalue weighted by molar-refractivity contribution is -0.129. The fraction of sp³-hybridized carbons (Fsp3) is 0.583. The summed E-state index contributed by atoms with van der Waals surface area (Å²) in [6.45, 7) is 4.83. The first-order valence-electron chi connectivity index (χ1n) is 5.83. The maximum Gasteiger partial charge on any atom is 0.235 e. The van der Waals surface area contributed by atoms with Crippen molar-refractivity contribution in [3.8, 4) is 0 Å². The fourth-order valence-corrected chi connectivity index (χ4v) is 2.21. The van der Waals surface area contributed by atoms with Crippen molar-refractivity contribution in [2.45, 2.75) is 37.1 Å². The molecule has 1 atom stereocenters. The third-order valence-electron chi connectivity index (χ3n) is 2.40. The first-order chi connectivity index (χ1) is 8.15. The summed E-state index contributed by atoms with van der Waals surface area (Å²) in [5.41, 5.74) is 0. The zero-order valence-corrected chi connectivity index (χ0v) is 11.4. The molecular weight excluding hydrogens is 234 g/mol. The fourth-order valence-electron chi connectivity index (χ4n) is 1.37. The standard InChI is InChI=1S/C12H19N3OS/c1-4-5-9-15(3)11(16)10(2)17-12-13-7-6-8-14-12/h6-8,10H,4-5,9H2,1-3H3. The zero-order chi connectivity index (χ0) is 12.7. The number of hydrogen-bond donors (Lipinski definition) is 0. The number of rotatable bonds is 6. The molecule has 1 amide bonds. The smallest absolute Gasteiger partial charge is 0.235 e. The average Bonchev–Trinajstić information content (AvgIpc) is 2.36. The van der Waals surface area contributed by atoms with Gasteiger partial charge in [-0.25, -0.2) is 9.97 Å². The van der Waals surface area contributed by atoms with Gasteiger partial charge in [0.1, 0.15) is 0 Å². The molecule has 5 heteroatoms. The Morgan fingerprint density at radius 1 is 1.47 bits per heavy atom. The lowest BCUT2D eigenvalue weighted by atomic mass is 10.3. The predicted octanol–water partition coefficient (Wildman–Crippen LogP) is 2.22. The molecule has 94 valence electrons. The maximum atomic E-state index is 12.0. The highest BCUT2D eigenvalue weighted by Crippen LogP contribution is 2.19. The Morgan fingerprint density at radius 2 is 2.12 bits per heavy atom. The topological polar surface area (TPSA) is 46.1 Å². The van der Waals surface area contributed by atoms with Crippen LogP contribution in [0.3, 0.4) is 0 Å². The molecule has 0 fully saturated rings. The molecule has 4 nitrogen and oxygen atoms in total. The summed E-state index contributed by atoms with van der Waals surface area (Å²) in [7, 11) is 1.85. The van der Waals surface area contributed by atoms with Crippen molar-refractivity contribution in [2.24, 2.45) is 0 Å². The van der Waals surface area contributed by atoms with Crippen LogP contribution in [0, 0.1) is 0 Å². The van der Waals surface area contributed by atoms with Gasteiger partial charge in [0.15, 0.2) is 5.16 Å². The maximum absolute atomic E-state index is 12.0. The molecule has 0 aliphatic carbocycles. The minimum absolute atomic E-state index is 0.135. The summed E-state index contributed by atoms with van der Waals surface area (Å²) in [6, 6.07) is 1.77. The van der Waals surface area contributed by atoms with Crippen LogP contribution in [0.2, 0.25) is 0 Å². The molecular formula is C12H19N3OS. The van der Waals surface area contributed by atoms with Crippen LogP contribution in [-0.2, 0) is 4.79 Å². The van der Waals surface area contributed by atoms with Gasteiger partial charge in [-0.05, 0) is 19.4 Å². The Morgan fingerprint density at radius 3 is 2.71 bits per heavy atom. The Kier molecular flexibility index (Phi) is 5.97. The number of hydrogen-bond acceptors (Lipinski definition) is 4. The van der Waals surface area contributed by atoms with Gasteiger partial charge in [0, 0.05) is 26.0 Å². The van der Waals surface area contributed by atoms with Crippen molar-refractivity contribution < 1.29 is 4.79 Å². The Balaban J connectivity index is 2.47. The van der Waals surface area contributed by atoms with Crippen LogP contribution in [0.25, 0.3) is 0 Å². The van der Waals surface area contributed by atoms with Crippen LogP contribution in [0.5, 0.6) is 0 Å². The number of carbonyl (C=O) groups is 1. The van der Waals surface area contributed by atoms with Crippen molar-refractivity contribution in [3.63, 3.8) is 0 Å². The molecule has 0 saturated carbocycles. The van der Waals surface area contributed by atoms with Gasteiger partial charge in [-0.15, -0.1) is 0 Å². The Hall–Kier alpha value is -1.10. The van der Waals surface area contributed by atoms with E-state index >= 15 is 0 Å². The first-order valence-corrected chi connectivity index (χ1v) is 6.71. The van der Waals surface area contributed by atoms with Gasteiger partial charge >= 0.3 is 0 Å². The molecule has 0 aromatic carbocycles. The zero-order valence-electron chi connectivity index (χ0n) is 10.6. The highest BCUT2D eigenvalue weighted by molar-refractivity contribution is 8.00. The molecule has 0 radical (unpaired) electrons. The molecule has 1 aromatic rings. The summed E-state index contributed by atoms with van der Waals surface area (Å²) < 4.78 is 0. The van der Waals surface area contributed by atoms with E-state index in [1.54, 1.807) is 23.4 Å². The second-order valence-corrected chi connectivity index (χ2v) is 5.21. The second kappa shape index (κ2) is 7.27. The van der Waals surface area contributed by atoms with E-state index < -0.39 is 0 Å². The summed E-state index contributed by atoms with van der Waals surface area (Å²) in [4.78, 5) is 22.0. The lowest BCUT2D eigenvalue weighted by Crippen LogP contribution is -2.34. The van der Waals surface area contributed by atoms with E-state index in [0.29, 0.717) is 5.16 Å². The normalized spacial score (nSPS) is 12.2. The predicted molar refractivity (Wildman–Crippen MR) is 69.9 cm³/mol. The van der Waals surface area contributed by atoms with Crippen LogP contribution in [-0.4, -0.2) is 39.6 Å². The van der Waals surface area contributed by atoms with E-state index in [9.17, 15) is 4.79 Å². The largest absolute Gasteiger partial charge is 0.345 e. The van der Waals surface area contributed by atoms with Crippen LogP contribution in [0.4, 0.5) is 0 Å². The van der Waals surface area contributed by atoms with Gasteiger partial charge in [0.2, 0.25) is 5.91 Å².